The monoisotopic (exact) mass is 307 g/mol. The van der Waals surface area contributed by atoms with Crippen molar-refractivity contribution >= 4 is 5.91 Å². The van der Waals surface area contributed by atoms with Crippen LogP contribution in [0.4, 0.5) is 0 Å². The van der Waals surface area contributed by atoms with Gasteiger partial charge in [-0.1, -0.05) is 0 Å². The molecule has 1 heterocycles. The third-order valence-electron chi connectivity index (χ3n) is 3.62. The molecule has 22 heavy (non-hydrogen) atoms. The van der Waals surface area contributed by atoms with Crippen LogP contribution in [0.25, 0.3) is 0 Å². The maximum absolute atomic E-state index is 11.7. The van der Waals surface area contributed by atoms with Gasteiger partial charge in [0.25, 0.3) is 0 Å². The molecule has 0 spiro atoms. The zero-order valence-corrected chi connectivity index (χ0v) is 13.1. The lowest BCUT2D eigenvalue weighted by molar-refractivity contribution is -0.121. The van der Waals surface area contributed by atoms with Crippen molar-refractivity contribution in [2.45, 2.75) is 6.42 Å². The van der Waals surface area contributed by atoms with E-state index in [9.17, 15) is 4.79 Å². The molecule has 0 aromatic heterocycles. The maximum Gasteiger partial charge on any atom is 0.223 e. The summed E-state index contributed by atoms with van der Waals surface area (Å²) in [5, 5.41) is 6.24. The molecular formula is C16H25N3O3. The third kappa shape index (κ3) is 5.91. The predicted molar refractivity (Wildman–Crippen MR) is 85.4 cm³/mol. The Balaban J connectivity index is 1.55. The highest BCUT2D eigenvalue weighted by Gasteiger charge is 2.09. The SMILES string of the molecule is COc1ccc(OCCC(=O)NCCN2CCNCC2)cc1. The summed E-state index contributed by atoms with van der Waals surface area (Å²) in [5.74, 6) is 1.57. The van der Waals surface area contributed by atoms with Crippen molar-refractivity contribution in [1.29, 1.82) is 0 Å². The molecule has 0 saturated carbocycles. The lowest BCUT2D eigenvalue weighted by Crippen LogP contribution is -2.46. The fraction of sp³-hybridized carbons (Fsp3) is 0.562. The third-order valence-corrected chi connectivity index (χ3v) is 3.62. The zero-order valence-electron chi connectivity index (χ0n) is 13.1. The van der Waals surface area contributed by atoms with Crippen molar-refractivity contribution in [3.63, 3.8) is 0 Å². The van der Waals surface area contributed by atoms with Gasteiger partial charge in [0.05, 0.1) is 20.1 Å². The number of hydrogen-bond acceptors (Lipinski definition) is 5. The van der Waals surface area contributed by atoms with Crippen LogP contribution in [-0.2, 0) is 4.79 Å². The van der Waals surface area contributed by atoms with Crippen molar-refractivity contribution in [1.82, 2.24) is 15.5 Å². The van der Waals surface area contributed by atoms with Crippen LogP contribution in [0.2, 0.25) is 0 Å². The number of nitrogens with one attached hydrogen (secondary N) is 2. The lowest BCUT2D eigenvalue weighted by Gasteiger charge is -2.27. The predicted octanol–water partition coefficient (Wildman–Crippen LogP) is 0.486. The van der Waals surface area contributed by atoms with E-state index in [1.165, 1.54) is 0 Å². The van der Waals surface area contributed by atoms with E-state index in [0.717, 1.165) is 44.2 Å². The molecule has 0 bridgehead atoms. The van der Waals surface area contributed by atoms with Crippen LogP contribution in [0.5, 0.6) is 11.5 Å². The second-order valence-electron chi connectivity index (χ2n) is 5.22. The Bertz CT molecular complexity index is 444. The maximum atomic E-state index is 11.7. The number of amides is 1. The largest absolute Gasteiger partial charge is 0.497 e. The molecule has 0 atom stereocenters. The van der Waals surface area contributed by atoms with Gasteiger partial charge in [0.1, 0.15) is 11.5 Å². The minimum Gasteiger partial charge on any atom is -0.497 e. The van der Waals surface area contributed by atoms with Gasteiger partial charge >= 0.3 is 0 Å². The molecule has 1 amide bonds. The second-order valence-corrected chi connectivity index (χ2v) is 5.22. The first-order chi connectivity index (χ1) is 10.8. The number of methoxy groups -OCH3 is 1. The van der Waals surface area contributed by atoms with Gasteiger partial charge in [-0.3, -0.25) is 9.69 Å². The molecule has 1 aliphatic heterocycles. The van der Waals surface area contributed by atoms with Gasteiger partial charge in [-0.2, -0.15) is 0 Å². The summed E-state index contributed by atoms with van der Waals surface area (Å²) in [6.07, 6.45) is 0.369. The molecule has 1 aliphatic rings. The van der Waals surface area contributed by atoms with Crippen LogP contribution in [-0.4, -0.2) is 63.8 Å². The Morgan fingerprint density at radius 2 is 1.91 bits per heavy atom. The Kier molecular flexibility index (Phi) is 6.99. The summed E-state index contributed by atoms with van der Waals surface area (Å²) in [6, 6.07) is 7.34. The summed E-state index contributed by atoms with van der Waals surface area (Å²) < 4.78 is 10.6. The fourth-order valence-corrected chi connectivity index (χ4v) is 2.31. The van der Waals surface area contributed by atoms with Crippen molar-refractivity contribution in [2.75, 3.05) is 53.0 Å². The van der Waals surface area contributed by atoms with Crippen LogP contribution in [0.15, 0.2) is 24.3 Å². The Morgan fingerprint density at radius 3 is 2.59 bits per heavy atom. The average Bonchev–Trinajstić information content (AvgIpc) is 2.56. The number of hydrogen-bond donors (Lipinski definition) is 2. The van der Waals surface area contributed by atoms with Crippen LogP contribution in [0.3, 0.4) is 0 Å². The summed E-state index contributed by atoms with van der Waals surface area (Å²) in [4.78, 5) is 14.1. The molecule has 6 heteroatoms. The smallest absolute Gasteiger partial charge is 0.223 e. The molecule has 2 N–H and O–H groups in total. The Hall–Kier alpha value is -1.79. The quantitative estimate of drug-likeness (QED) is 0.732. The minimum atomic E-state index is 0.0312. The minimum absolute atomic E-state index is 0.0312. The van der Waals surface area contributed by atoms with Crippen LogP contribution in [0.1, 0.15) is 6.42 Å². The summed E-state index contributed by atoms with van der Waals surface area (Å²) >= 11 is 0. The Morgan fingerprint density at radius 1 is 1.23 bits per heavy atom. The summed E-state index contributed by atoms with van der Waals surface area (Å²) in [5.41, 5.74) is 0. The standard InChI is InChI=1S/C16H25N3O3/c1-21-14-2-4-15(5-3-14)22-13-6-16(20)18-9-12-19-10-7-17-8-11-19/h2-5,17H,6-13H2,1H3,(H,18,20). The van der Waals surface area contributed by atoms with Gasteiger partial charge in [0.15, 0.2) is 0 Å². The molecule has 0 unspecified atom stereocenters. The first kappa shape index (κ1) is 16.6. The van der Waals surface area contributed by atoms with E-state index in [0.29, 0.717) is 19.6 Å². The highest BCUT2D eigenvalue weighted by molar-refractivity contribution is 5.75. The fourth-order valence-electron chi connectivity index (χ4n) is 2.31. The molecule has 6 nitrogen and oxygen atoms in total. The summed E-state index contributed by atoms with van der Waals surface area (Å²) in [7, 11) is 1.63. The number of carbonyl (C=O) groups is 1. The van der Waals surface area contributed by atoms with E-state index in [4.69, 9.17) is 9.47 Å². The molecule has 0 aliphatic carbocycles. The molecule has 0 radical (unpaired) electrons. The van der Waals surface area contributed by atoms with Crippen LogP contribution < -0.4 is 20.1 Å². The van der Waals surface area contributed by atoms with Crippen molar-refractivity contribution in [2.24, 2.45) is 0 Å². The lowest BCUT2D eigenvalue weighted by atomic mass is 10.3. The number of benzene rings is 1. The van der Waals surface area contributed by atoms with Gasteiger partial charge in [0, 0.05) is 39.3 Å². The molecule has 2 rings (SSSR count). The van der Waals surface area contributed by atoms with Crippen molar-refractivity contribution < 1.29 is 14.3 Å². The van der Waals surface area contributed by atoms with Crippen molar-refractivity contribution in [3.8, 4) is 11.5 Å². The van der Waals surface area contributed by atoms with Crippen LogP contribution in [0, 0.1) is 0 Å². The van der Waals surface area contributed by atoms with Gasteiger partial charge in [-0.25, -0.2) is 0 Å². The number of ether oxygens (including phenoxy) is 2. The Labute approximate surface area is 131 Å². The van der Waals surface area contributed by atoms with E-state index in [-0.39, 0.29) is 5.91 Å². The first-order valence-electron chi connectivity index (χ1n) is 7.74. The number of piperazine rings is 1. The number of rotatable bonds is 8. The first-order valence-corrected chi connectivity index (χ1v) is 7.74. The number of carbonyl (C=O) groups excluding carboxylic acids is 1. The van der Waals surface area contributed by atoms with Crippen LogP contribution >= 0.6 is 0 Å². The topological polar surface area (TPSA) is 62.8 Å². The molecule has 122 valence electrons. The van der Waals surface area contributed by atoms with Gasteiger partial charge in [-0.15, -0.1) is 0 Å². The normalized spacial score (nSPS) is 15.3. The van der Waals surface area contributed by atoms with Gasteiger partial charge in [-0.05, 0) is 24.3 Å². The number of nitrogens with zero attached hydrogens (tertiary/aromatic N) is 1. The van der Waals surface area contributed by atoms with E-state index in [1.54, 1.807) is 7.11 Å². The zero-order chi connectivity index (χ0) is 15.6. The molecule has 1 fully saturated rings. The van der Waals surface area contributed by atoms with Crippen molar-refractivity contribution in [3.05, 3.63) is 24.3 Å². The van der Waals surface area contributed by atoms with E-state index >= 15 is 0 Å². The van der Waals surface area contributed by atoms with Gasteiger partial charge in [0.2, 0.25) is 5.91 Å². The molecular weight excluding hydrogens is 282 g/mol. The molecule has 1 aromatic carbocycles. The highest BCUT2D eigenvalue weighted by atomic mass is 16.5. The van der Waals surface area contributed by atoms with E-state index < -0.39 is 0 Å². The molecule has 1 saturated heterocycles. The van der Waals surface area contributed by atoms with E-state index in [2.05, 4.69) is 15.5 Å². The molecule has 1 aromatic rings. The van der Waals surface area contributed by atoms with E-state index in [1.807, 2.05) is 24.3 Å². The average molecular weight is 307 g/mol. The van der Waals surface area contributed by atoms with Gasteiger partial charge < -0.3 is 20.1 Å². The summed E-state index contributed by atoms with van der Waals surface area (Å²) in [6.45, 7) is 6.15. The highest BCUT2D eigenvalue weighted by Crippen LogP contribution is 2.16. The second kappa shape index (κ2) is 9.27.